The number of nitrogens with one attached hydrogen (secondary N) is 1. The molecule has 0 aliphatic rings. The van der Waals surface area contributed by atoms with E-state index in [0.29, 0.717) is 0 Å². The Bertz CT molecular complexity index is 299. The smallest absolute Gasteiger partial charge is 0.123 e. The summed E-state index contributed by atoms with van der Waals surface area (Å²) < 4.78 is 5.24. The molecule has 0 bridgehead atoms. The molecule has 0 aromatic heterocycles. The third-order valence-corrected chi connectivity index (χ3v) is 2.12. The maximum absolute atomic E-state index is 5.46. The second-order valence-electron chi connectivity index (χ2n) is 2.99. The third-order valence-electron chi connectivity index (χ3n) is 2.12. The first-order valence-corrected chi connectivity index (χ1v) is 4.53. The van der Waals surface area contributed by atoms with Gasteiger partial charge in [0.15, 0.2) is 0 Å². The highest BCUT2D eigenvalue weighted by Crippen LogP contribution is 2.26. The van der Waals surface area contributed by atoms with Crippen molar-refractivity contribution >= 4 is 0 Å². The Balaban J connectivity index is 2.95. The summed E-state index contributed by atoms with van der Waals surface area (Å²) in [5.41, 5.74) is 3.80. The number of hydrazine groups is 1. The summed E-state index contributed by atoms with van der Waals surface area (Å²) >= 11 is 0. The molecule has 1 rings (SSSR count). The molecule has 14 heavy (non-hydrogen) atoms. The molecule has 0 heterocycles. The molecule has 0 saturated heterocycles. The first-order chi connectivity index (χ1) is 6.83. The fourth-order valence-corrected chi connectivity index (χ4v) is 1.41. The van der Waals surface area contributed by atoms with E-state index >= 15 is 0 Å². The van der Waals surface area contributed by atoms with Crippen molar-refractivity contribution < 1.29 is 4.74 Å². The highest BCUT2D eigenvalue weighted by Gasteiger charge is 2.11. The van der Waals surface area contributed by atoms with Gasteiger partial charge < -0.3 is 4.74 Å². The van der Waals surface area contributed by atoms with E-state index < -0.39 is 0 Å². The zero-order chi connectivity index (χ0) is 10.4. The molecule has 0 aliphatic carbocycles. The average Bonchev–Trinajstić information content (AvgIpc) is 2.26. The summed E-state index contributed by atoms with van der Waals surface area (Å²) in [7, 11) is 1.65. The minimum atomic E-state index is 0.0589. The van der Waals surface area contributed by atoms with Gasteiger partial charge in [-0.15, -0.1) is 6.58 Å². The summed E-state index contributed by atoms with van der Waals surface area (Å²) in [6.07, 6.45) is 2.61. The van der Waals surface area contributed by atoms with Crippen LogP contribution in [0.5, 0.6) is 5.75 Å². The van der Waals surface area contributed by atoms with E-state index in [2.05, 4.69) is 12.0 Å². The molecule has 0 aliphatic heterocycles. The van der Waals surface area contributed by atoms with E-state index in [1.165, 1.54) is 0 Å². The van der Waals surface area contributed by atoms with Gasteiger partial charge in [-0.1, -0.05) is 24.3 Å². The zero-order valence-electron chi connectivity index (χ0n) is 8.36. The predicted molar refractivity (Wildman–Crippen MR) is 57.9 cm³/mol. The van der Waals surface area contributed by atoms with Crippen molar-refractivity contribution in [3.8, 4) is 5.75 Å². The molecule has 0 amide bonds. The molecule has 3 N–H and O–H groups in total. The number of methoxy groups -OCH3 is 1. The van der Waals surface area contributed by atoms with Gasteiger partial charge in [-0.05, 0) is 12.5 Å². The molecular weight excluding hydrogens is 176 g/mol. The Morgan fingerprint density at radius 2 is 2.29 bits per heavy atom. The molecule has 1 atom stereocenters. The number of benzene rings is 1. The van der Waals surface area contributed by atoms with Crippen molar-refractivity contribution in [1.82, 2.24) is 5.43 Å². The Labute approximate surface area is 84.5 Å². The van der Waals surface area contributed by atoms with Crippen LogP contribution in [0.1, 0.15) is 18.0 Å². The highest BCUT2D eigenvalue weighted by molar-refractivity contribution is 5.36. The van der Waals surface area contributed by atoms with Gasteiger partial charge in [-0.25, -0.2) is 0 Å². The maximum Gasteiger partial charge on any atom is 0.123 e. The summed E-state index contributed by atoms with van der Waals surface area (Å²) in [6.45, 7) is 3.69. The lowest BCUT2D eigenvalue weighted by Gasteiger charge is -2.17. The maximum atomic E-state index is 5.46. The molecule has 1 aromatic carbocycles. The number of nitrogens with two attached hydrogens (primary N) is 1. The van der Waals surface area contributed by atoms with E-state index in [9.17, 15) is 0 Å². The van der Waals surface area contributed by atoms with Crippen molar-refractivity contribution in [3.05, 3.63) is 42.5 Å². The Kier molecular flexibility index (Phi) is 4.16. The summed E-state index contributed by atoms with van der Waals surface area (Å²) in [5, 5.41) is 0. The van der Waals surface area contributed by atoms with Gasteiger partial charge in [0.05, 0.1) is 13.2 Å². The van der Waals surface area contributed by atoms with Gasteiger partial charge in [0.2, 0.25) is 0 Å². The average molecular weight is 192 g/mol. The Morgan fingerprint density at radius 1 is 1.57 bits per heavy atom. The SMILES string of the molecule is C=CCC(NN)c1ccccc1OC. The van der Waals surface area contributed by atoms with Crippen LogP contribution in [-0.2, 0) is 0 Å². The first-order valence-electron chi connectivity index (χ1n) is 4.53. The van der Waals surface area contributed by atoms with E-state index in [1.54, 1.807) is 7.11 Å². The molecule has 0 spiro atoms. The summed E-state index contributed by atoms with van der Waals surface area (Å²) in [5.74, 6) is 6.31. The van der Waals surface area contributed by atoms with Gasteiger partial charge in [0.25, 0.3) is 0 Å². The lowest BCUT2D eigenvalue weighted by Crippen LogP contribution is -2.27. The number of hydrogen-bond acceptors (Lipinski definition) is 3. The molecule has 3 nitrogen and oxygen atoms in total. The van der Waals surface area contributed by atoms with Gasteiger partial charge in [-0.2, -0.15) is 0 Å². The van der Waals surface area contributed by atoms with Crippen LogP contribution >= 0.6 is 0 Å². The highest BCUT2D eigenvalue weighted by atomic mass is 16.5. The van der Waals surface area contributed by atoms with Crippen LogP contribution in [0.15, 0.2) is 36.9 Å². The number of para-hydroxylation sites is 1. The molecule has 3 heteroatoms. The van der Waals surface area contributed by atoms with Gasteiger partial charge in [-0.3, -0.25) is 11.3 Å². The van der Waals surface area contributed by atoms with Crippen LogP contribution in [0.25, 0.3) is 0 Å². The van der Waals surface area contributed by atoms with Crippen LogP contribution in [0.4, 0.5) is 0 Å². The lowest BCUT2D eigenvalue weighted by atomic mass is 10.0. The molecule has 0 fully saturated rings. The minimum absolute atomic E-state index is 0.0589. The molecule has 0 radical (unpaired) electrons. The van der Waals surface area contributed by atoms with Crippen LogP contribution in [0.3, 0.4) is 0 Å². The van der Waals surface area contributed by atoms with Crippen molar-refractivity contribution in [1.29, 1.82) is 0 Å². The molecule has 1 aromatic rings. The summed E-state index contributed by atoms with van der Waals surface area (Å²) in [4.78, 5) is 0. The Morgan fingerprint density at radius 3 is 2.86 bits per heavy atom. The quantitative estimate of drug-likeness (QED) is 0.424. The zero-order valence-corrected chi connectivity index (χ0v) is 8.36. The van der Waals surface area contributed by atoms with Crippen molar-refractivity contribution in [2.75, 3.05) is 7.11 Å². The van der Waals surface area contributed by atoms with Gasteiger partial charge in [0, 0.05) is 5.56 Å². The van der Waals surface area contributed by atoms with E-state index in [4.69, 9.17) is 10.6 Å². The monoisotopic (exact) mass is 192 g/mol. The van der Waals surface area contributed by atoms with Crippen molar-refractivity contribution in [2.45, 2.75) is 12.5 Å². The molecule has 1 unspecified atom stereocenters. The number of ether oxygens (including phenoxy) is 1. The largest absolute Gasteiger partial charge is 0.496 e. The van der Waals surface area contributed by atoms with Gasteiger partial charge in [0.1, 0.15) is 5.75 Å². The van der Waals surface area contributed by atoms with Crippen LogP contribution in [-0.4, -0.2) is 7.11 Å². The standard InChI is InChI=1S/C11H16N2O/c1-3-6-10(13-12)9-7-4-5-8-11(9)14-2/h3-5,7-8,10,13H,1,6,12H2,2H3. The summed E-state index contributed by atoms with van der Waals surface area (Å²) in [6, 6.07) is 7.87. The first kappa shape index (κ1) is 10.8. The van der Waals surface area contributed by atoms with Crippen LogP contribution in [0, 0.1) is 0 Å². The normalized spacial score (nSPS) is 12.1. The topological polar surface area (TPSA) is 47.3 Å². The second kappa shape index (κ2) is 5.42. The lowest BCUT2D eigenvalue weighted by molar-refractivity contribution is 0.399. The Hall–Kier alpha value is -1.32. The second-order valence-corrected chi connectivity index (χ2v) is 2.99. The van der Waals surface area contributed by atoms with E-state index in [0.717, 1.165) is 17.7 Å². The van der Waals surface area contributed by atoms with Crippen LogP contribution < -0.4 is 16.0 Å². The minimum Gasteiger partial charge on any atom is -0.496 e. The van der Waals surface area contributed by atoms with Crippen molar-refractivity contribution in [3.63, 3.8) is 0 Å². The molecule has 0 saturated carbocycles. The van der Waals surface area contributed by atoms with Crippen LogP contribution in [0.2, 0.25) is 0 Å². The number of hydrogen-bond donors (Lipinski definition) is 2. The molecular formula is C11H16N2O. The number of rotatable bonds is 5. The van der Waals surface area contributed by atoms with Gasteiger partial charge >= 0.3 is 0 Å². The van der Waals surface area contributed by atoms with E-state index in [1.807, 2.05) is 30.3 Å². The fourth-order valence-electron chi connectivity index (χ4n) is 1.41. The third kappa shape index (κ3) is 2.34. The molecule has 76 valence electrons. The fraction of sp³-hybridized carbons (Fsp3) is 0.273. The van der Waals surface area contributed by atoms with E-state index in [-0.39, 0.29) is 6.04 Å². The van der Waals surface area contributed by atoms with Crippen molar-refractivity contribution in [2.24, 2.45) is 5.84 Å². The predicted octanol–water partition coefficient (Wildman–Crippen LogP) is 1.78.